The van der Waals surface area contributed by atoms with E-state index >= 15 is 0 Å². The molecule has 21 heavy (non-hydrogen) atoms. The summed E-state index contributed by atoms with van der Waals surface area (Å²) >= 11 is 3.44. The highest BCUT2D eigenvalue weighted by Crippen LogP contribution is 2.25. The number of carboxylic acids is 1. The Balaban J connectivity index is 2.82. The number of hydrogen-bond acceptors (Lipinski definition) is 3. The fraction of sp³-hybridized carbons (Fsp3) is 0.562. The Hall–Kier alpha value is -1.07. The van der Waals surface area contributed by atoms with Crippen molar-refractivity contribution >= 4 is 21.9 Å². The number of hydrogen-bond donors (Lipinski definition) is 2. The Morgan fingerprint density at radius 1 is 1.43 bits per heavy atom. The third-order valence-electron chi connectivity index (χ3n) is 2.99. The second-order valence-corrected chi connectivity index (χ2v) is 6.43. The van der Waals surface area contributed by atoms with Crippen LogP contribution in [0.1, 0.15) is 39.2 Å². The fourth-order valence-corrected chi connectivity index (χ4v) is 2.35. The molecule has 0 amide bonds. The molecule has 0 saturated heterocycles. The first-order valence-corrected chi connectivity index (χ1v) is 8.12. The maximum Gasteiger partial charge on any atom is 0.344 e. The molecular weight excluding hydrogens is 334 g/mol. The molecule has 118 valence electrons. The van der Waals surface area contributed by atoms with Crippen molar-refractivity contribution in [1.29, 1.82) is 0 Å². The number of aliphatic carboxylic acids is 1. The third kappa shape index (κ3) is 6.48. The lowest BCUT2D eigenvalue weighted by Gasteiger charge is -2.18. The van der Waals surface area contributed by atoms with Crippen LogP contribution in [0, 0.1) is 5.92 Å². The third-order valence-corrected chi connectivity index (χ3v) is 3.48. The summed E-state index contributed by atoms with van der Waals surface area (Å²) in [5.41, 5.74) is 0.965. The van der Waals surface area contributed by atoms with Crippen LogP contribution >= 0.6 is 15.9 Å². The molecule has 0 heterocycles. The fourth-order valence-electron chi connectivity index (χ4n) is 1.94. The van der Waals surface area contributed by atoms with Gasteiger partial charge in [-0.3, -0.25) is 0 Å². The zero-order valence-electron chi connectivity index (χ0n) is 12.9. The minimum atomic E-state index is -0.916. The summed E-state index contributed by atoms with van der Waals surface area (Å²) in [4.78, 5) is 11.2. The van der Waals surface area contributed by atoms with Crippen molar-refractivity contribution in [3.05, 3.63) is 28.2 Å². The topological polar surface area (TPSA) is 58.6 Å². The van der Waals surface area contributed by atoms with Crippen molar-refractivity contribution in [3.63, 3.8) is 0 Å². The number of rotatable bonds is 9. The Morgan fingerprint density at radius 3 is 2.71 bits per heavy atom. The summed E-state index contributed by atoms with van der Waals surface area (Å²) in [5.74, 6) is 0.282. The van der Waals surface area contributed by atoms with Gasteiger partial charge in [-0.1, -0.05) is 43.1 Å². The summed E-state index contributed by atoms with van der Waals surface area (Å²) in [6.45, 7) is 7.81. The molecule has 0 radical (unpaired) electrons. The van der Waals surface area contributed by atoms with Gasteiger partial charge in [0.2, 0.25) is 0 Å². The monoisotopic (exact) mass is 357 g/mol. The van der Waals surface area contributed by atoms with Gasteiger partial charge in [0.25, 0.3) is 0 Å². The maximum atomic E-state index is 11.2. The Labute approximate surface area is 135 Å². The molecule has 0 aliphatic rings. The summed E-state index contributed by atoms with van der Waals surface area (Å²) in [5, 5.41) is 12.6. The first-order chi connectivity index (χ1) is 9.93. The van der Waals surface area contributed by atoms with Crippen LogP contribution in [0.5, 0.6) is 5.75 Å². The van der Waals surface area contributed by atoms with Gasteiger partial charge in [-0.15, -0.1) is 0 Å². The zero-order valence-corrected chi connectivity index (χ0v) is 14.4. The van der Waals surface area contributed by atoms with Crippen LogP contribution in [0.15, 0.2) is 22.7 Å². The first-order valence-electron chi connectivity index (χ1n) is 7.32. The highest BCUT2D eigenvalue weighted by atomic mass is 79.9. The molecule has 0 spiro atoms. The Bertz CT molecular complexity index is 463. The molecule has 1 aromatic rings. The smallest absolute Gasteiger partial charge is 0.344 e. The average molecular weight is 358 g/mol. The van der Waals surface area contributed by atoms with Gasteiger partial charge in [-0.05, 0) is 37.1 Å². The Kier molecular flexibility index (Phi) is 7.75. The summed E-state index contributed by atoms with van der Waals surface area (Å²) in [6, 6.07) is 5.65. The lowest BCUT2D eigenvalue weighted by Crippen LogP contribution is -2.27. The van der Waals surface area contributed by atoms with E-state index in [-0.39, 0.29) is 0 Å². The van der Waals surface area contributed by atoms with Crippen LogP contribution in [-0.2, 0) is 11.3 Å². The van der Waals surface area contributed by atoms with Crippen molar-refractivity contribution in [2.45, 2.75) is 46.3 Å². The van der Waals surface area contributed by atoms with Crippen molar-refractivity contribution in [3.8, 4) is 5.75 Å². The quantitative estimate of drug-likeness (QED) is 0.705. The summed E-state index contributed by atoms with van der Waals surface area (Å²) in [6.07, 6.45) is 0.485. The Morgan fingerprint density at radius 2 is 2.14 bits per heavy atom. The predicted octanol–water partition coefficient (Wildman–Crippen LogP) is 3.83. The molecule has 0 aliphatic carbocycles. The molecule has 1 aromatic carbocycles. The van der Waals surface area contributed by atoms with Crippen molar-refractivity contribution in [2.24, 2.45) is 5.92 Å². The number of ether oxygens (including phenoxy) is 1. The molecule has 0 saturated carbocycles. The highest BCUT2D eigenvalue weighted by molar-refractivity contribution is 9.10. The van der Waals surface area contributed by atoms with Crippen molar-refractivity contribution in [2.75, 3.05) is 6.54 Å². The van der Waals surface area contributed by atoms with Crippen LogP contribution < -0.4 is 10.1 Å². The van der Waals surface area contributed by atoms with Gasteiger partial charge in [0, 0.05) is 16.6 Å². The minimum absolute atomic E-state index is 0.504. The normalized spacial score (nSPS) is 12.4. The molecule has 0 aliphatic heterocycles. The maximum absolute atomic E-state index is 11.2. The first kappa shape index (κ1) is 18.0. The second-order valence-electron chi connectivity index (χ2n) is 5.51. The molecule has 2 N–H and O–H groups in total. The van der Waals surface area contributed by atoms with E-state index in [2.05, 4.69) is 35.1 Å². The number of benzene rings is 1. The lowest BCUT2D eigenvalue weighted by molar-refractivity contribution is -0.145. The standard InChI is InChI=1S/C16H24BrNO3/c1-4-5-15(16(19)20)21-14-7-6-13(17)8-12(14)10-18-9-11(2)3/h6-8,11,15,18H,4-5,9-10H2,1-3H3,(H,19,20). The van der Waals surface area contributed by atoms with Gasteiger partial charge in [0.15, 0.2) is 6.10 Å². The van der Waals surface area contributed by atoms with Crippen LogP contribution in [0.3, 0.4) is 0 Å². The van der Waals surface area contributed by atoms with E-state index < -0.39 is 12.1 Å². The van der Waals surface area contributed by atoms with E-state index in [4.69, 9.17) is 4.74 Å². The average Bonchev–Trinajstić information content (AvgIpc) is 2.40. The van der Waals surface area contributed by atoms with E-state index in [1.54, 1.807) is 0 Å². The molecule has 4 nitrogen and oxygen atoms in total. The molecule has 0 bridgehead atoms. The van der Waals surface area contributed by atoms with Gasteiger partial charge in [0.1, 0.15) is 5.75 Å². The predicted molar refractivity (Wildman–Crippen MR) is 87.6 cm³/mol. The van der Waals surface area contributed by atoms with Gasteiger partial charge < -0.3 is 15.2 Å². The molecule has 0 aromatic heterocycles. The van der Waals surface area contributed by atoms with Crippen LogP contribution in [0.25, 0.3) is 0 Å². The zero-order chi connectivity index (χ0) is 15.8. The number of halogens is 1. The lowest BCUT2D eigenvalue weighted by atomic mass is 10.1. The van der Waals surface area contributed by atoms with E-state index in [0.29, 0.717) is 24.6 Å². The van der Waals surface area contributed by atoms with Gasteiger partial charge >= 0.3 is 5.97 Å². The number of carboxylic acid groups (broad SMARTS) is 1. The molecule has 5 heteroatoms. The van der Waals surface area contributed by atoms with Crippen LogP contribution in [0.4, 0.5) is 0 Å². The molecule has 1 rings (SSSR count). The van der Waals surface area contributed by atoms with E-state index in [1.165, 1.54) is 0 Å². The van der Waals surface area contributed by atoms with Crippen LogP contribution in [0.2, 0.25) is 0 Å². The number of carbonyl (C=O) groups is 1. The summed E-state index contributed by atoms with van der Waals surface area (Å²) in [7, 11) is 0. The largest absolute Gasteiger partial charge is 0.479 e. The SMILES string of the molecule is CCCC(Oc1ccc(Br)cc1CNCC(C)C)C(=O)O. The minimum Gasteiger partial charge on any atom is -0.479 e. The van der Waals surface area contributed by atoms with E-state index in [0.717, 1.165) is 23.0 Å². The van der Waals surface area contributed by atoms with E-state index in [9.17, 15) is 9.90 Å². The van der Waals surface area contributed by atoms with Gasteiger partial charge in [-0.2, -0.15) is 0 Å². The summed E-state index contributed by atoms with van der Waals surface area (Å²) < 4.78 is 6.66. The van der Waals surface area contributed by atoms with E-state index in [1.807, 2.05) is 25.1 Å². The van der Waals surface area contributed by atoms with Crippen molar-refractivity contribution in [1.82, 2.24) is 5.32 Å². The second kappa shape index (κ2) is 9.05. The highest BCUT2D eigenvalue weighted by Gasteiger charge is 2.19. The van der Waals surface area contributed by atoms with Crippen molar-refractivity contribution < 1.29 is 14.6 Å². The van der Waals surface area contributed by atoms with Gasteiger partial charge in [-0.25, -0.2) is 4.79 Å². The molecule has 0 fully saturated rings. The molecule has 1 atom stereocenters. The number of nitrogens with one attached hydrogen (secondary N) is 1. The molecular formula is C16H24BrNO3. The van der Waals surface area contributed by atoms with Crippen LogP contribution in [-0.4, -0.2) is 23.7 Å². The molecule has 1 unspecified atom stereocenters. The van der Waals surface area contributed by atoms with Gasteiger partial charge in [0.05, 0.1) is 0 Å².